The summed E-state index contributed by atoms with van der Waals surface area (Å²) in [5.41, 5.74) is 1.08. The maximum absolute atomic E-state index is 11.7. The minimum Gasteiger partial charge on any atom is -0.465 e. The maximum atomic E-state index is 11.7. The van der Waals surface area contributed by atoms with Gasteiger partial charge in [-0.25, -0.2) is 9.78 Å². The molecule has 1 heterocycles. The molecule has 0 aliphatic rings. The van der Waals surface area contributed by atoms with Crippen molar-refractivity contribution < 1.29 is 9.53 Å². The van der Waals surface area contributed by atoms with Gasteiger partial charge in [-0.15, -0.1) is 0 Å². The Labute approximate surface area is 122 Å². The van der Waals surface area contributed by atoms with Crippen LogP contribution in [0.15, 0.2) is 30.6 Å². The summed E-state index contributed by atoms with van der Waals surface area (Å²) in [7, 11) is 1.35. The highest BCUT2D eigenvalue weighted by Crippen LogP contribution is 2.22. The molecule has 0 saturated carbocycles. The molecule has 106 valence electrons. The molecule has 0 bridgehead atoms. The van der Waals surface area contributed by atoms with Gasteiger partial charge < -0.3 is 14.6 Å². The zero-order valence-corrected chi connectivity index (χ0v) is 12.1. The van der Waals surface area contributed by atoms with Crippen molar-refractivity contribution >= 4 is 23.3 Å². The number of hydrogen-bond acceptors (Lipinski definition) is 4. The van der Waals surface area contributed by atoms with Gasteiger partial charge in [-0.05, 0) is 25.1 Å². The molecule has 1 aromatic heterocycles. The predicted octanol–water partition coefficient (Wildman–Crippen LogP) is 2.96. The van der Waals surface area contributed by atoms with Gasteiger partial charge in [0, 0.05) is 24.0 Å². The third-order valence-electron chi connectivity index (χ3n) is 2.97. The Morgan fingerprint density at radius 2 is 2.30 bits per heavy atom. The first-order valence-electron chi connectivity index (χ1n) is 6.27. The Bertz CT molecular complexity index is 610. The molecule has 6 heteroatoms. The van der Waals surface area contributed by atoms with Crippen molar-refractivity contribution in [3.8, 4) is 0 Å². The van der Waals surface area contributed by atoms with E-state index in [2.05, 4.69) is 10.3 Å². The number of carbonyl (C=O) groups excluding carboxylic acids is 1. The fraction of sp³-hybridized carbons (Fsp3) is 0.286. The van der Waals surface area contributed by atoms with Crippen molar-refractivity contribution in [1.82, 2.24) is 9.55 Å². The second-order valence-corrected chi connectivity index (χ2v) is 4.60. The van der Waals surface area contributed by atoms with Gasteiger partial charge in [-0.3, -0.25) is 0 Å². The molecule has 20 heavy (non-hydrogen) atoms. The summed E-state index contributed by atoms with van der Waals surface area (Å²) in [4.78, 5) is 16.0. The SMILES string of the molecule is CCn1ccnc1CNc1cc(Cl)ccc1C(=O)OC. The molecule has 0 fully saturated rings. The average molecular weight is 294 g/mol. The Hall–Kier alpha value is -2.01. The Kier molecular flexibility index (Phi) is 4.63. The number of aromatic nitrogens is 2. The van der Waals surface area contributed by atoms with Gasteiger partial charge in [-0.2, -0.15) is 0 Å². The van der Waals surface area contributed by atoms with Crippen LogP contribution >= 0.6 is 11.6 Å². The summed E-state index contributed by atoms with van der Waals surface area (Å²) in [5, 5.41) is 3.73. The van der Waals surface area contributed by atoms with Gasteiger partial charge in [0.15, 0.2) is 0 Å². The number of anilines is 1. The van der Waals surface area contributed by atoms with Crippen LogP contribution in [0.1, 0.15) is 23.1 Å². The molecule has 2 aromatic rings. The van der Waals surface area contributed by atoms with Crippen LogP contribution in [-0.4, -0.2) is 22.6 Å². The number of aryl methyl sites for hydroxylation is 1. The van der Waals surface area contributed by atoms with Crippen molar-refractivity contribution in [2.75, 3.05) is 12.4 Å². The van der Waals surface area contributed by atoms with Crippen molar-refractivity contribution in [3.05, 3.63) is 47.0 Å². The van der Waals surface area contributed by atoms with Crippen LogP contribution in [0.4, 0.5) is 5.69 Å². The average Bonchev–Trinajstić information content (AvgIpc) is 2.91. The van der Waals surface area contributed by atoms with E-state index in [1.54, 1.807) is 24.4 Å². The van der Waals surface area contributed by atoms with Crippen molar-refractivity contribution in [3.63, 3.8) is 0 Å². The zero-order chi connectivity index (χ0) is 14.5. The first-order chi connectivity index (χ1) is 9.65. The highest BCUT2D eigenvalue weighted by Gasteiger charge is 2.12. The van der Waals surface area contributed by atoms with Crippen LogP contribution in [0.5, 0.6) is 0 Å². The highest BCUT2D eigenvalue weighted by atomic mass is 35.5. The van der Waals surface area contributed by atoms with E-state index < -0.39 is 5.97 Å². The molecule has 0 aliphatic carbocycles. The number of imidazole rings is 1. The largest absolute Gasteiger partial charge is 0.465 e. The molecule has 0 radical (unpaired) electrons. The second kappa shape index (κ2) is 6.43. The molecule has 0 saturated heterocycles. The van der Waals surface area contributed by atoms with E-state index >= 15 is 0 Å². The van der Waals surface area contributed by atoms with Crippen molar-refractivity contribution in [1.29, 1.82) is 0 Å². The molecule has 0 aliphatic heterocycles. The van der Waals surface area contributed by atoms with E-state index in [-0.39, 0.29) is 0 Å². The van der Waals surface area contributed by atoms with Crippen LogP contribution in [-0.2, 0) is 17.8 Å². The van der Waals surface area contributed by atoms with E-state index in [4.69, 9.17) is 16.3 Å². The zero-order valence-electron chi connectivity index (χ0n) is 11.4. The lowest BCUT2D eigenvalue weighted by Gasteiger charge is -2.12. The van der Waals surface area contributed by atoms with E-state index in [9.17, 15) is 4.79 Å². The molecular weight excluding hydrogens is 278 g/mol. The molecule has 0 spiro atoms. The minimum atomic E-state index is -0.400. The lowest BCUT2D eigenvalue weighted by molar-refractivity contribution is 0.0602. The van der Waals surface area contributed by atoms with Gasteiger partial charge in [0.2, 0.25) is 0 Å². The summed E-state index contributed by atoms with van der Waals surface area (Å²) in [5.74, 6) is 0.492. The fourth-order valence-electron chi connectivity index (χ4n) is 1.92. The summed E-state index contributed by atoms with van der Waals surface area (Å²) in [6.45, 7) is 3.39. The molecule has 1 N–H and O–H groups in total. The maximum Gasteiger partial charge on any atom is 0.339 e. The van der Waals surface area contributed by atoms with Gasteiger partial charge in [0.1, 0.15) is 5.82 Å². The Morgan fingerprint density at radius 3 is 3.00 bits per heavy atom. The highest BCUT2D eigenvalue weighted by molar-refractivity contribution is 6.31. The standard InChI is InChI=1S/C14H16ClN3O2/c1-3-18-7-6-16-13(18)9-17-12-8-10(15)4-5-11(12)14(19)20-2/h4-8,17H,3,9H2,1-2H3. The Morgan fingerprint density at radius 1 is 1.50 bits per heavy atom. The second-order valence-electron chi connectivity index (χ2n) is 4.16. The van der Waals surface area contributed by atoms with Gasteiger partial charge in [0.05, 0.1) is 24.9 Å². The molecule has 0 amide bonds. The molecule has 1 aromatic carbocycles. The number of carbonyl (C=O) groups is 1. The van der Waals surface area contributed by atoms with E-state index in [1.807, 2.05) is 17.7 Å². The summed E-state index contributed by atoms with van der Waals surface area (Å²) in [6, 6.07) is 5.00. The van der Waals surface area contributed by atoms with Gasteiger partial charge in [-0.1, -0.05) is 11.6 Å². The number of hydrogen-bond donors (Lipinski definition) is 1. The number of esters is 1. The number of methoxy groups -OCH3 is 1. The normalized spacial score (nSPS) is 10.3. The summed E-state index contributed by atoms with van der Waals surface area (Å²) in [6.07, 6.45) is 3.66. The molecular formula is C14H16ClN3O2. The number of nitrogens with one attached hydrogen (secondary N) is 1. The van der Waals surface area contributed by atoms with E-state index in [1.165, 1.54) is 7.11 Å². The predicted molar refractivity (Wildman–Crippen MR) is 78.0 cm³/mol. The van der Waals surface area contributed by atoms with Gasteiger partial charge >= 0.3 is 5.97 Å². The monoisotopic (exact) mass is 293 g/mol. The lowest BCUT2D eigenvalue weighted by Crippen LogP contribution is -2.11. The third kappa shape index (κ3) is 3.11. The van der Waals surface area contributed by atoms with Crippen LogP contribution in [0.3, 0.4) is 0 Å². The quantitative estimate of drug-likeness (QED) is 0.861. The van der Waals surface area contributed by atoms with Crippen molar-refractivity contribution in [2.24, 2.45) is 0 Å². The fourth-order valence-corrected chi connectivity index (χ4v) is 2.09. The van der Waals surface area contributed by atoms with Crippen LogP contribution in [0.2, 0.25) is 5.02 Å². The summed E-state index contributed by atoms with van der Waals surface area (Å²) >= 11 is 5.97. The number of rotatable bonds is 5. The molecule has 0 unspecified atom stereocenters. The first-order valence-corrected chi connectivity index (χ1v) is 6.65. The van der Waals surface area contributed by atoms with Gasteiger partial charge in [0.25, 0.3) is 0 Å². The number of ether oxygens (including phenoxy) is 1. The van der Waals surface area contributed by atoms with Crippen LogP contribution in [0.25, 0.3) is 0 Å². The number of nitrogens with zero attached hydrogens (tertiary/aromatic N) is 2. The van der Waals surface area contributed by atoms with E-state index in [0.29, 0.717) is 22.8 Å². The molecule has 5 nitrogen and oxygen atoms in total. The minimum absolute atomic E-state index is 0.400. The van der Waals surface area contributed by atoms with Crippen molar-refractivity contribution in [2.45, 2.75) is 20.0 Å². The molecule has 2 rings (SSSR count). The Balaban J connectivity index is 2.20. The topological polar surface area (TPSA) is 56.2 Å². The lowest BCUT2D eigenvalue weighted by atomic mass is 10.2. The smallest absolute Gasteiger partial charge is 0.339 e. The number of benzene rings is 1. The molecule has 0 atom stereocenters. The first kappa shape index (κ1) is 14.4. The van der Waals surface area contributed by atoms with E-state index in [0.717, 1.165) is 12.4 Å². The third-order valence-corrected chi connectivity index (χ3v) is 3.20. The summed E-state index contributed by atoms with van der Waals surface area (Å²) < 4.78 is 6.78. The van der Waals surface area contributed by atoms with Crippen LogP contribution < -0.4 is 5.32 Å². The number of halogens is 1. The van der Waals surface area contributed by atoms with Crippen LogP contribution in [0, 0.1) is 0 Å².